The van der Waals surface area contributed by atoms with Crippen molar-refractivity contribution < 1.29 is 18.0 Å². The van der Waals surface area contributed by atoms with Crippen molar-refractivity contribution >= 4 is 44.7 Å². The molecule has 0 saturated carbocycles. The topological polar surface area (TPSA) is 83.5 Å². The fourth-order valence-electron chi connectivity index (χ4n) is 3.87. The number of sulfone groups is 1. The molecule has 0 atom stereocenters. The summed E-state index contributed by atoms with van der Waals surface area (Å²) in [6.07, 6.45) is 2.09. The van der Waals surface area contributed by atoms with E-state index in [0.717, 1.165) is 38.0 Å². The molecular formula is C24H28Cl2N2O4S. The highest BCUT2D eigenvalue weighted by atomic mass is 35.5. The number of carbonyl (C=O) groups is 2. The summed E-state index contributed by atoms with van der Waals surface area (Å²) < 4.78 is 24.9. The molecule has 178 valence electrons. The van der Waals surface area contributed by atoms with Crippen LogP contribution in [0.1, 0.15) is 48.5 Å². The van der Waals surface area contributed by atoms with Crippen molar-refractivity contribution in [2.75, 3.05) is 18.8 Å². The Morgan fingerprint density at radius 2 is 1.70 bits per heavy atom. The van der Waals surface area contributed by atoms with Gasteiger partial charge >= 0.3 is 0 Å². The largest absolute Gasteiger partial charge is 0.353 e. The molecule has 1 N–H and O–H groups in total. The third-order valence-electron chi connectivity index (χ3n) is 5.78. The molecule has 1 aliphatic heterocycles. The van der Waals surface area contributed by atoms with Gasteiger partial charge in [-0.05, 0) is 56.0 Å². The summed E-state index contributed by atoms with van der Waals surface area (Å²) in [5.41, 5.74) is 1.57. The van der Waals surface area contributed by atoms with Crippen LogP contribution in [0.3, 0.4) is 0 Å². The highest BCUT2D eigenvalue weighted by Gasteiger charge is 2.21. The first kappa shape index (κ1) is 25.7. The second-order valence-electron chi connectivity index (χ2n) is 8.37. The van der Waals surface area contributed by atoms with Crippen LogP contribution >= 0.6 is 23.2 Å². The van der Waals surface area contributed by atoms with Crippen molar-refractivity contribution in [3.63, 3.8) is 0 Å². The Balaban J connectivity index is 1.39. The smallest absolute Gasteiger partial charge is 0.220 e. The molecule has 0 bridgehead atoms. The van der Waals surface area contributed by atoms with Gasteiger partial charge < -0.3 is 5.32 Å². The van der Waals surface area contributed by atoms with Gasteiger partial charge in [0, 0.05) is 37.7 Å². The molecule has 2 aromatic rings. The van der Waals surface area contributed by atoms with Crippen molar-refractivity contribution in [2.24, 2.45) is 0 Å². The minimum absolute atomic E-state index is 0.0956. The highest BCUT2D eigenvalue weighted by Crippen LogP contribution is 2.24. The summed E-state index contributed by atoms with van der Waals surface area (Å²) in [6, 6.07) is 11.6. The summed E-state index contributed by atoms with van der Waals surface area (Å²) in [5.74, 6) is -0.349. The van der Waals surface area contributed by atoms with Crippen LogP contribution in [0.15, 0.2) is 47.4 Å². The summed E-state index contributed by atoms with van der Waals surface area (Å²) >= 11 is 12.1. The second-order valence-corrected chi connectivity index (χ2v) is 11.3. The molecule has 1 aliphatic rings. The summed E-state index contributed by atoms with van der Waals surface area (Å²) in [5, 5.41) is 4.12. The Hall–Kier alpha value is -1.93. The van der Waals surface area contributed by atoms with Gasteiger partial charge in [-0.25, -0.2) is 8.42 Å². The molecule has 33 heavy (non-hydrogen) atoms. The van der Waals surface area contributed by atoms with E-state index < -0.39 is 9.84 Å². The molecule has 0 aliphatic carbocycles. The first-order valence-electron chi connectivity index (χ1n) is 10.9. The molecule has 0 spiro atoms. The van der Waals surface area contributed by atoms with Gasteiger partial charge in [0.1, 0.15) is 0 Å². The number of hydrogen-bond acceptors (Lipinski definition) is 5. The lowest BCUT2D eigenvalue weighted by molar-refractivity contribution is -0.122. The van der Waals surface area contributed by atoms with E-state index in [1.807, 2.05) is 12.1 Å². The molecule has 3 rings (SSSR count). The number of rotatable bonds is 9. The maximum absolute atomic E-state index is 12.5. The van der Waals surface area contributed by atoms with Gasteiger partial charge in [0.25, 0.3) is 0 Å². The van der Waals surface area contributed by atoms with Crippen LogP contribution in [0.2, 0.25) is 10.0 Å². The lowest BCUT2D eigenvalue weighted by Gasteiger charge is -2.32. The van der Waals surface area contributed by atoms with Gasteiger partial charge in [-0.1, -0.05) is 41.4 Å². The minimum atomic E-state index is -3.49. The van der Waals surface area contributed by atoms with Gasteiger partial charge in [-0.3, -0.25) is 14.5 Å². The van der Waals surface area contributed by atoms with Gasteiger partial charge in [0.15, 0.2) is 15.6 Å². The van der Waals surface area contributed by atoms with E-state index in [1.165, 1.54) is 31.2 Å². The number of piperidine rings is 1. The summed E-state index contributed by atoms with van der Waals surface area (Å²) in [4.78, 5) is 26.1. The van der Waals surface area contributed by atoms with E-state index in [2.05, 4.69) is 10.2 Å². The Labute approximate surface area is 205 Å². The SMILES string of the molecule is CC(=O)c1ccc(S(=O)(=O)CCCC(=O)NC2CCN(Cc3ccc(Cl)c(Cl)c3)CC2)cc1. The van der Waals surface area contributed by atoms with E-state index in [-0.39, 0.29) is 41.2 Å². The van der Waals surface area contributed by atoms with Crippen LogP contribution in [0, 0.1) is 0 Å². The molecule has 9 heteroatoms. The Kier molecular flexibility index (Phi) is 8.93. The quantitative estimate of drug-likeness (QED) is 0.501. The second kappa shape index (κ2) is 11.5. The maximum Gasteiger partial charge on any atom is 0.220 e. The molecule has 0 radical (unpaired) electrons. The van der Waals surface area contributed by atoms with E-state index in [1.54, 1.807) is 6.07 Å². The number of halogens is 2. The molecule has 1 saturated heterocycles. The number of amides is 1. The molecule has 1 heterocycles. The number of Topliss-reactive ketones (excluding diaryl/α,β-unsaturated/α-hetero) is 1. The molecule has 2 aromatic carbocycles. The Morgan fingerprint density at radius 1 is 1.03 bits per heavy atom. The maximum atomic E-state index is 12.5. The highest BCUT2D eigenvalue weighted by molar-refractivity contribution is 7.91. The van der Waals surface area contributed by atoms with Crippen LogP contribution in [0.25, 0.3) is 0 Å². The lowest BCUT2D eigenvalue weighted by atomic mass is 10.0. The number of benzene rings is 2. The van der Waals surface area contributed by atoms with Crippen molar-refractivity contribution in [1.29, 1.82) is 0 Å². The molecule has 1 amide bonds. The Bertz CT molecular complexity index is 1100. The predicted octanol–water partition coefficient (Wildman–Crippen LogP) is 4.53. The van der Waals surface area contributed by atoms with E-state index in [9.17, 15) is 18.0 Å². The van der Waals surface area contributed by atoms with Crippen LogP contribution in [-0.4, -0.2) is 49.9 Å². The van der Waals surface area contributed by atoms with Gasteiger partial charge in [0.2, 0.25) is 5.91 Å². The number of hydrogen-bond donors (Lipinski definition) is 1. The zero-order valence-electron chi connectivity index (χ0n) is 18.5. The molecule has 0 unspecified atom stereocenters. The van der Waals surface area contributed by atoms with Crippen molar-refractivity contribution in [3.8, 4) is 0 Å². The summed E-state index contributed by atoms with van der Waals surface area (Å²) in [7, 11) is -3.49. The number of nitrogens with zero attached hydrogens (tertiary/aromatic N) is 1. The molecule has 0 aromatic heterocycles. The van der Waals surface area contributed by atoms with Gasteiger partial charge in [-0.2, -0.15) is 0 Å². The fourth-order valence-corrected chi connectivity index (χ4v) is 5.50. The van der Waals surface area contributed by atoms with Crippen molar-refractivity contribution in [2.45, 2.75) is 50.1 Å². The van der Waals surface area contributed by atoms with Crippen molar-refractivity contribution in [3.05, 3.63) is 63.6 Å². The number of likely N-dealkylation sites (tertiary alicyclic amines) is 1. The lowest BCUT2D eigenvalue weighted by Crippen LogP contribution is -2.44. The zero-order valence-corrected chi connectivity index (χ0v) is 20.8. The van der Waals surface area contributed by atoms with Gasteiger partial charge in [0.05, 0.1) is 20.7 Å². The predicted molar refractivity (Wildman–Crippen MR) is 131 cm³/mol. The zero-order chi connectivity index (χ0) is 24.0. The minimum Gasteiger partial charge on any atom is -0.353 e. The third kappa shape index (κ3) is 7.54. The number of ketones is 1. The fraction of sp³-hybridized carbons (Fsp3) is 0.417. The molecular weight excluding hydrogens is 483 g/mol. The first-order chi connectivity index (χ1) is 15.6. The van der Waals surface area contributed by atoms with Crippen molar-refractivity contribution in [1.82, 2.24) is 10.2 Å². The Morgan fingerprint density at radius 3 is 2.30 bits per heavy atom. The van der Waals surface area contributed by atoms with Crippen LogP contribution in [0.4, 0.5) is 0 Å². The van der Waals surface area contributed by atoms with Crippen LogP contribution < -0.4 is 5.32 Å². The van der Waals surface area contributed by atoms with E-state index in [4.69, 9.17) is 23.2 Å². The molecule has 6 nitrogen and oxygen atoms in total. The number of carbonyl (C=O) groups excluding carboxylic acids is 2. The van der Waals surface area contributed by atoms with Crippen LogP contribution in [0.5, 0.6) is 0 Å². The third-order valence-corrected chi connectivity index (χ3v) is 8.34. The first-order valence-corrected chi connectivity index (χ1v) is 13.3. The average Bonchev–Trinajstić information content (AvgIpc) is 2.77. The van der Waals surface area contributed by atoms with E-state index >= 15 is 0 Å². The van der Waals surface area contributed by atoms with Gasteiger partial charge in [-0.15, -0.1) is 0 Å². The number of nitrogens with one attached hydrogen (secondary N) is 1. The normalized spacial score (nSPS) is 15.4. The monoisotopic (exact) mass is 510 g/mol. The van der Waals surface area contributed by atoms with E-state index in [0.29, 0.717) is 15.6 Å². The standard InChI is InChI=1S/C24H28Cl2N2O4S/c1-17(29)19-5-7-21(8-6-19)33(31,32)14-2-3-24(30)27-20-10-12-28(13-11-20)16-18-4-9-22(25)23(26)15-18/h4-9,15,20H,2-3,10-14,16H2,1H3,(H,27,30). The van der Waals surface area contributed by atoms with Crippen LogP contribution in [-0.2, 0) is 21.2 Å². The molecule has 1 fully saturated rings. The average molecular weight is 511 g/mol. The summed E-state index contributed by atoms with van der Waals surface area (Å²) in [6.45, 7) is 3.93.